The van der Waals surface area contributed by atoms with E-state index in [-0.39, 0.29) is 16.8 Å². The van der Waals surface area contributed by atoms with E-state index >= 15 is 0 Å². The third kappa shape index (κ3) is 4.32. The van der Waals surface area contributed by atoms with Crippen LogP contribution in [0, 0.1) is 0 Å². The van der Waals surface area contributed by atoms with Gasteiger partial charge in [-0.3, -0.25) is 4.79 Å². The number of carbonyl (C=O) groups is 1. The summed E-state index contributed by atoms with van der Waals surface area (Å²) in [6.07, 6.45) is 0.698. The van der Waals surface area contributed by atoms with Crippen LogP contribution in [-0.4, -0.2) is 20.4 Å². The maximum atomic E-state index is 12.6. The van der Waals surface area contributed by atoms with Gasteiger partial charge in [-0.25, -0.2) is 13.1 Å². The lowest BCUT2D eigenvalue weighted by Gasteiger charge is -2.12. The highest BCUT2D eigenvalue weighted by atomic mass is 35.5. The Morgan fingerprint density at radius 2 is 1.81 bits per heavy atom. The topological polar surface area (TPSA) is 75.3 Å². The van der Waals surface area contributed by atoms with Crippen LogP contribution in [0.3, 0.4) is 0 Å². The average molecular weight is 423 g/mol. The predicted octanol–water partition coefficient (Wildman–Crippen LogP) is 4.88. The Hall–Kier alpha value is -1.93. The molecule has 3 aromatic rings. The summed E-state index contributed by atoms with van der Waals surface area (Å²) in [5.74, 6) is -0.325. The van der Waals surface area contributed by atoms with Gasteiger partial charge in [0.1, 0.15) is 4.88 Å². The van der Waals surface area contributed by atoms with Gasteiger partial charge in [-0.05, 0) is 43.7 Å². The maximum Gasteiger partial charge on any atom is 0.267 e. The van der Waals surface area contributed by atoms with Crippen LogP contribution >= 0.6 is 22.9 Å². The molecule has 0 radical (unpaired) electrons. The van der Waals surface area contributed by atoms with Crippen molar-refractivity contribution in [3.8, 4) is 0 Å². The van der Waals surface area contributed by atoms with E-state index in [1.807, 2.05) is 31.2 Å². The Balaban J connectivity index is 1.78. The molecule has 2 N–H and O–H groups in total. The predicted molar refractivity (Wildman–Crippen MR) is 111 cm³/mol. The normalized spacial score (nSPS) is 12.9. The molecule has 1 amide bonds. The van der Waals surface area contributed by atoms with Gasteiger partial charge in [0.05, 0.1) is 9.92 Å². The molecule has 27 heavy (non-hydrogen) atoms. The van der Waals surface area contributed by atoms with Crippen molar-refractivity contribution in [2.24, 2.45) is 0 Å². The van der Waals surface area contributed by atoms with E-state index in [2.05, 4.69) is 10.0 Å². The molecule has 0 bridgehead atoms. The van der Waals surface area contributed by atoms with E-state index in [9.17, 15) is 13.2 Å². The number of carbonyl (C=O) groups excluding carboxylic acids is 1. The van der Waals surface area contributed by atoms with E-state index in [1.165, 1.54) is 23.5 Å². The first-order valence-electron chi connectivity index (χ1n) is 8.42. The first kappa shape index (κ1) is 19.8. The van der Waals surface area contributed by atoms with Crippen LogP contribution in [0.4, 0.5) is 5.69 Å². The minimum Gasteiger partial charge on any atom is -0.321 e. The van der Waals surface area contributed by atoms with Crippen LogP contribution in [0.5, 0.6) is 0 Å². The third-order valence-corrected chi connectivity index (χ3v) is 7.41. The molecule has 5 nitrogen and oxygen atoms in total. The Labute approximate surface area is 167 Å². The molecule has 0 saturated heterocycles. The fourth-order valence-corrected chi connectivity index (χ4v) is 5.22. The molecule has 142 valence electrons. The van der Waals surface area contributed by atoms with Crippen LogP contribution in [0.1, 0.15) is 29.9 Å². The Bertz CT molecular complexity index is 1080. The molecule has 1 atom stereocenters. The van der Waals surface area contributed by atoms with Gasteiger partial charge in [-0.1, -0.05) is 36.7 Å². The SMILES string of the molecule is CCC(C)NS(=O)(=O)c1ccc(NC(=O)c2sc3ccccc3c2Cl)cc1. The van der Waals surface area contributed by atoms with E-state index in [0.29, 0.717) is 22.0 Å². The molecule has 1 unspecified atom stereocenters. The number of benzene rings is 2. The molecule has 0 aliphatic heterocycles. The summed E-state index contributed by atoms with van der Waals surface area (Å²) in [6.45, 7) is 3.71. The Kier molecular flexibility index (Phi) is 5.86. The number of sulfonamides is 1. The molecule has 0 aliphatic rings. The van der Waals surface area contributed by atoms with Gasteiger partial charge in [0.25, 0.3) is 5.91 Å². The molecule has 1 heterocycles. The summed E-state index contributed by atoms with van der Waals surface area (Å²) in [6, 6.07) is 13.4. The number of hydrogen-bond donors (Lipinski definition) is 2. The number of halogens is 1. The summed E-state index contributed by atoms with van der Waals surface area (Å²) in [4.78, 5) is 13.1. The van der Waals surface area contributed by atoms with Gasteiger partial charge in [-0.2, -0.15) is 0 Å². The minimum atomic E-state index is -3.57. The Morgan fingerprint density at radius 1 is 1.15 bits per heavy atom. The second kappa shape index (κ2) is 7.98. The molecule has 0 spiro atoms. The molecular formula is C19H19ClN2O3S2. The molecule has 3 rings (SSSR count). The van der Waals surface area contributed by atoms with Crippen LogP contribution in [0.2, 0.25) is 5.02 Å². The summed E-state index contributed by atoms with van der Waals surface area (Å²) in [7, 11) is -3.57. The van der Waals surface area contributed by atoms with Gasteiger partial charge in [0.15, 0.2) is 0 Å². The lowest BCUT2D eigenvalue weighted by molar-refractivity contribution is 0.103. The van der Waals surface area contributed by atoms with Crippen molar-refractivity contribution in [3.63, 3.8) is 0 Å². The highest BCUT2D eigenvalue weighted by Crippen LogP contribution is 2.35. The van der Waals surface area contributed by atoms with Crippen LogP contribution in [0.25, 0.3) is 10.1 Å². The second-order valence-electron chi connectivity index (χ2n) is 6.15. The molecule has 0 saturated carbocycles. The number of thiophene rings is 1. The summed E-state index contributed by atoms with van der Waals surface area (Å²) in [5.41, 5.74) is 0.496. The van der Waals surface area contributed by atoms with E-state index in [0.717, 1.165) is 10.1 Å². The molecule has 0 aliphatic carbocycles. The Morgan fingerprint density at radius 3 is 2.44 bits per heavy atom. The van der Waals surface area contributed by atoms with E-state index in [1.54, 1.807) is 19.1 Å². The van der Waals surface area contributed by atoms with Crippen LogP contribution in [-0.2, 0) is 10.0 Å². The summed E-state index contributed by atoms with van der Waals surface area (Å²) in [5, 5.41) is 4.02. The first-order chi connectivity index (χ1) is 12.8. The smallest absolute Gasteiger partial charge is 0.267 e. The van der Waals surface area contributed by atoms with E-state index in [4.69, 9.17) is 11.6 Å². The zero-order chi connectivity index (χ0) is 19.6. The average Bonchev–Trinajstić information content (AvgIpc) is 2.99. The highest BCUT2D eigenvalue weighted by Gasteiger charge is 2.19. The van der Waals surface area contributed by atoms with Crippen LogP contribution in [0.15, 0.2) is 53.4 Å². The van der Waals surface area contributed by atoms with Gasteiger partial charge in [0.2, 0.25) is 10.0 Å². The van der Waals surface area contributed by atoms with Crippen molar-refractivity contribution < 1.29 is 13.2 Å². The lowest BCUT2D eigenvalue weighted by Crippen LogP contribution is -2.31. The van der Waals surface area contributed by atoms with E-state index < -0.39 is 10.0 Å². The van der Waals surface area contributed by atoms with Gasteiger partial charge < -0.3 is 5.32 Å². The van der Waals surface area contributed by atoms with Crippen molar-refractivity contribution >= 4 is 54.6 Å². The van der Waals surface area contributed by atoms with Crippen molar-refractivity contribution in [1.82, 2.24) is 4.72 Å². The fraction of sp³-hybridized carbons (Fsp3) is 0.211. The van der Waals surface area contributed by atoms with Crippen LogP contribution < -0.4 is 10.0 Å². The minimum absolute atomic E-state index is 0.149. The molecule has 1 aromatic heterocycles. The fourth-order valence-electron chi connectivity index (χ4n) is 2.48. The zero-order valence-electron chi connectivity index (χ0n) is 14.8. The zero-order valence-corrected chi connectivity index (χ0v) is 17.2. The number of fused-ring (bicyclic) bond motifs is 1. The van der Waals surface area contributed by atoms with Gasteiger partial charge >= 0.3 is 0 Å². The molecule has 0 fully saturated rings. The van der Waals surface area contributed by atoms with Crippen molar-refractivity contribution in [2.45, 2.75) is 31.2 Å². The molecule has 8 heteroatoms. The number of nitrogens with one attached hydrogen (secondary N) is 2. The summed E-state index contributed by atoms with van der Waals surface area (Å²) < 4.78 is 28.1. The van der Waals surface area contributed by atoms with Crippen molar-refractivity contribution in [2.75, 3.05) is 5.32 Å². The highest BCUT2D eigenvalue weighted by molar-refractivity contribution is 7.89. The van der Waals surface area contributed by atoms with Gasteiger partial charge in [-0.15, -0.1) is 11.3 Å². The molecule has 2 aromatic carbocycles. The standard InChI is InChI=1S/C19H19ClN2O3S2/c1-3-12(2)22-27(24,25)14-10-8-13(9-11-14)21-19(23)18-17(20)15-6-4-5-7-16(15)26-18/h4-12,22H,3H2,1-2H3,(H,21,23). The first-order valence-corrected chi connectivity index (χ1v) is 11.1. The number of rotatable bonds is 6. The second-order valence-corrected chi connectivity index (χ2v) is 9.29. The van der Waals surface area contributed by atoms with Crippen molar-refractivity contribution in [3.05, 3.63) is 58.4 Å². The number of hydrogen-bond acceptors (Lipinski definition) is 4. The maximum absolute atomic E-state index is 12.6. The quantitative estimate of drug-likeness (QED) is 0.594. The number of anilines is 1. The number of amides is 1. The lowest BCUT2D eigenvalue weighted by atomic mass is 10.2. The van der Waals surface area contributed by atoms with Crippen molar-refractivity contribution in [1.29, 1.82) is 0 Å². The molecular weight excluding hydrogens is 404 g/mol. The van der Waals surface area contributed by atoms with Gasteiger partial charge in [0, 0.05) is 21.8 Å². The monoisotopic (exact) mass is 422 g/mol. The summed E-state index contributed by atoms with van der Waals surface area (Å²) >= 11 is 7.65. The largest absolute Gasteiger partial charge is 0.321 e. The third-order valence-electron chi connectivity index (χ3n) is 4.13.